The predicted molar refractivity (Wildman–Crippen MR) is 147 cm³/mol. The predicted octanol–water partition coefficient (Wildman–Crippen LogP) is 2.64. The number of rotatable bonds is 11. The number of piperazine rings is 1. The first kappa shape index (κ1) is 31.7. The number of hydrogen-bond donors (Lipinski definition) is 2. The second-order valence-corrected chi connectivity index (χ2v) is 12.1. The van der Waals surface area contributed by atoms with Crippen LogP contribution in [0, 0.1) is 0 Å². The summed E-state index contributed by atoms with van der Waals surface area (Å²) in [7, 11) is -4.34. The molecule has 43 heavy (non-hydrogen) atoms. The van der Waals surface area contributed by atoms with Crippen molar-refractivity contribution in [2.24, 2.45) is 0 Å². The third-order valence-corrected chi connectivity index (χ3v) is 8.69. The first-order valence-corrected chi connectivity index (χ1v) is 14.8. The van der Waals surface area contributed by atoms with Gasteiger partial charge in [-0.3, -0.25) is 14.6 Å². The topological polar surface area (TPSA) is 147 Å². The molecule has 2 N–H and O–H groups in total. The molecule has 2 heterocycles. The number of alkyl halides is 3. The van der Waals surface area contributed by atoms with Crippen molar-refractivity contribution in [3.63, 3.8) is 0 Å². The smallest absolute Gasteiger partial charge is 0.481 e. The van der Waals surface area contributed by atoms with E-state index in [0.29, 0.717) is 11.6 Å². The van der Waals surface area contributed by atoms with Crippen LogP contribution in [0.4, 0.5) is 13.2 Å². The van der Waals surface area contributed by atoms with Crippen molar-refractivity contribution in [3.05, 3.63) is 71.5 Å². The fraction of sp³-hybridized carbons (Fsp3) is 0.407. The number of halogens is 3. The van der Waals surface area contributed by atoms with E-state index in [2.05, 4.69) is 34.1 Å². The molecule has 1 amide bonds. The van der Waals surface area contributed by atoms with Gasteiger partial charge in [-0.15, -0.1) is 23.4 Å². The summed E-state index contributed by atoms with van der Waals surface area (Å²) in [4.78, 5) is 25.3. The van der Waals surface area contributed by atoms with Crippen LogP contribution in [0.25, 0.3) is 0 Å². The Morgan fingerprint density at radius 2 is 1.77 bits per heavy atom. The Bertz CT molecular complexity index is 1530. The van der Waals surface area contributed by atoms with Gasteiger partial charge in [-0.2, -0.15) is 4.31 Å². The second-order valence-electron chi connectivity index (χ2n) is 10.2. The Morgan fingerprint density at radius 3 is 2.37 bits per heavy atom. The number of aromatic nitrogens is 3. The molecule has 1 aliphatic heterocycles. The van der Waals surface area contributed by atoms with E-state index in [1.165, 1.54) is 11.1 Å². The molecular formula is C27H31F3N6O6S. The number of aryl methyl sites for hydroxylation is 1. The molecule has 16 heteroatoms. The Balaban J connectivity index is 1.56. The van der Waals surface area contributed by atoms with Gasteiger partial charge in [0.2, 0.25) is 15.9 Å². The van der Waals surface area contributed by atoms with Crippen molar-refractivity contribution in [3.8, 4) is 5.75 Å². The molecule has 0 spiro atoms. The van der Waals surface area contributed by atoms with E-state index >= 15 is 0 Å². The molecule has 12 nitrogen and oxygen atoms in total. The zero-order valence-electron chi connectivity index (χ0n) is 23.4. The summed E-state index contributed by atoms with van der Waals surface area (Å²) in [6.45, 7) is 3.99. The van der Waals surface area contributed by atoms with E-state index in [-0.39, 0.29) is 43.9 Å². The molecule has 1 saturated heterocycles. The third kappa shape index (κ3) is 8.22. The lowest BCUT2D eigenvalue weighted by Gasteiger charge is -2.39. The van der Waals surface area contributed by atoms with Gasteiger partial charge < -0.3 is 15.2 Å². The maximum absolute atomic E-state index is 13.6. The third-order valence-electron chi connectivity index (χ3n) is 6.77. The van der Waals surface area contributed by atoms with Gasteiger partial charge in [0, 0.05) is 19.5 Å². The molecule has 1 atom stereocenters. The van der Waals surface area contributed by atoms with Crippen LogP contribution in [0.5, 0.6) is 5.75 Å². The number of carboxylic acid groups (broad SMARTS) is 1. The highest BCUT2D eigenvalue weighted by molar-refractivity contribution is 7.89. The number of carbonyl (C=O) groups excluding carboxylic acids is 1. The summed E-state index contributed by atoms with van der Waals surface area (Å²) in [6, 6.07) is 10.1. The van der Waals surface area contributed by atoms with E-state index in [0.717, 1.165) is 39.7 Å². The lowest BCUT2D eigenvalue weighted by Crippen LogP contribution is -2.63. The van der Waals surface area contributed by atoms with Crippen molar-refractivity contribution in [2.45, 2.75) is 56.5 Å². The van der Waals surface area contributed by atoms with E-state index in [4.69, 9.17) is 5.11 Å². The van der Waals surface area contributed by atoms with Gasteiger partial charge in [-0.05, 0) is 41.3 Å². The van der Waals surface area contributed by atoms with Crippen molar-refractivity contribution < 1.29 is 41.0 Å². The number of ether oxygens (including phenoxy) is 1. The van der Waals surface area contributed by atoms with Crippen LogP contribution in [0.1, 0.15) is 43.0 Å². The minimum Gasteiger partial charge on any atom is -0.481 e. The van der Waals surface area contributed by atoms with E-state index in [9.17, 15) is 31.2 Å². The first-order valence-electron chi connectivity index (χ1n) is 13.4. The minimum atomic E-state index is -4.94. The zero-order chi connectivity index (χ0) is 31.4. The van der Waals surface area contributed by atoms with E-state index in [1.54, 1.807) is 5.01 Å². The van der Waals surface area contributed by atoms with Crippen LogP contribution in [-0.4, -0.2) is 76.8 Å². The molecule has 0 unspecified atom stereocenters. The second kappa shape index (κ2) is 13.0. The van der Waals surface area contributed by atoms with Crippen molar-refractivity contribution in [1.29, 1.82) is 0 Å². The molecule has 232 valence electrons. The van der Waals surface area contributed by atoms with E-state index < -0.39 is 40.1 Å². The SMILES string of the molecule is CC(C)c1ccc(CNC(=O)[C@H]2CN(n3ncc(CCC(=O)O)n3)CCN2S(=O)(=O)c2ccc(OC(F)(F)F)cc2)cc1. The number of benzene rings is 2. The van der Waals surface area contributed by atoms with Crippen LogP contribution in [0.2, 0.25) is 0 Å². The van der Waals surface area contributed by atoms with Crippen molar-refractivity contribution >= 4 is 21.9 Å². The lowest BCUT2D eigenvalue weighted by molar-refractivity contribution is -0.274. The molecule has 1 aromatic heterocycles. The Kier molecular flexibility index (Phi) is 9.59. The molecule has 1 aliphatic rings. The maximum Gasteiger partial charge on any atom is 0.573 e. The Labute approximate surface area is 246 Å². The summed E-state index contributed by atoms with van der Waals surface area (Å²) in [5, 5.41) is 21.7. The van der Waals surface area contributed by atoms with Gasteiger partial charge in [-0.25, -0.2) is 8.42 Å². The molecule has 1 fully saturated rings. The number of nitrogens with one attached hydrogen (secondary N) is 1. The molecule has 0 saturated carbocycles. The quantitative estimate of drug-likeness (QED) is 0.329. The van der Waals surface area contributed by atoms with Gasteiger partial charge in [0.25, 0.3) is 0 Å². The van der Waals surface area contributed by atoms with Gasteiger partial charge in [0.05, 0.1) is 36.3 Å². The minimum absolute atomic E-state index is 0.0714. The van der Waals surface area contributed by atoms with Gasteiger partial charge in [-0.1, -0.05) is 43.0 Å². The molecule has 0 bridgehead atoms. The number of nitrogens with zero attached hydrogens (tertiary/aromatic N) is 5. The number of aliphatic carboxylic acids is 1. The Hall–Kier alpha value is -4.18. The fourth-order valence-corrected chi connectivity index (χ4v) is 6.03. The summed E-state index contributed by atoms with van der Waals surface area (Å²) in [5.74, 6) is -1.86. The molecule has 2 aromatic carbocycles. The summed E-state index contributed by atoms with van der Waals surface area (Å²) < 4.78 is 69.8. The number of sulfonamides is 1. The fourth-order valence-electron chi connectivity index (χ4n) is 4.46. The Morgan fingerprint density at radius 1 is 1.09 bits per heavy atom. The van der Waals surface area contributed by atoms with Crippen LogP contribution in [-0.2, 0) is 32.6 Å². The highest BCUT2D eigenvalue weighted by Crippen LogP contribution is 2.27. The largest absolute Gasteiger partial charge is 0.573 e. The maximum atomic E-state index is 13.6. The van der Waals surface area contributed by atoms with Crippen LogP contribution in [0.3, 0.4) is 0 Å². The van der Waals surface area contributed by atoms with Gasteiger partial charge >= 0.3 is 12.3 Å². The molecule has 4 rings (SSSR count). The highest BCUT2D eigenvalue weighted by Gasteiger charge is 2.41. The highest BCUT2D eigenvalue weighted by atomic mass is 32.2. The molecular weight excluding hydrogens is 593 g/mol. The average molecular weight is 625 g/mol. The summed E-state index contributed by atoms with van der Waals surface area (Å²) in [5.41, 5.74) is 2.33. The van der Waals surface area contributed by atoms with Gasteiger partial charge in [0.1, 0.15) is 11.8 Å². The van der Waals surface area contributed by atoms with Crippen molar-refractivity contribution in [1.82, 2.24) is 24.7 Å². The number of carboxylic acids is 1. The normalized spacial score (nSPS) is 16.3. The van der Waals surface area contributed by atoms with E-state index in [1.807, 2.05) is 24.3 Å². The van der Waals surface area contributed by atoms with Crippen molar-refractivity contribution in [2.75, 3.05) is 24.6 Å². The van der Waals surface area contributed by atoms with Gasteiger partial charge in [0.15, 0.2) is 0 Å². The zero-order valence-corrected chi connectivity index (χ0v) is 24.2. The van der Waals surface area contributed by atoms with Crippen LogP contribution < -0.4 is 15.1 Å². The first-order chi connectivity index (χ1) is 20.2. The monoisotopic (exact) mass is 624 g/mol. The number of amides is 1. The number of hydrogen-bond acceptors (Lipinski definition) is 8. The molecule has 0 aliphatic carbocycles. The average Bonchev–Trinajstić information content (AvgIpc) is 3.43. The van der Waals surface area contributed by atoms with Crippen LogP contribution in [0.15, 0.2) is 59.6 Å². The lowest BCUT2D eigenvalue weighted by atomic mass is 10.0. The summed E-state index contributed by atoms with van der Waals surface area (Å²) >= 11 is 0. The standard InChI is InChI=1S/C27H31F3N6O6S/c1-18(2)20-5-3-19(4-6-20)15-31-26(39)24-17-34(36-32-16-21(33-36)7-12-25(37)38)13-14-35(24)43(40,41)23-10-8-22(9-11-23)42-27(28,29)30/h3-6,8-11,16,18,24H,7,12-15,17H2,1-2H3,(H,31,39)(H,37,38)/t24-/m1/s1. The molecule has 3 aromatic rings. The number of carbonyl (C=O) groups is 2. The molecule has 0 radical (unpaired) electrons. The summed E-state index contributed by atoms with van der Waals surface area (Å²) in [6.07, 6.45) is -3.56. The van der Waals surface area contributed by atoms with Crippen LogP contribution >= 0.6 is 0 Å².